The molecule has 0 amide bonds. The first-order valence-electron chi connectivity index (χ1n) is 4.57. The van der Waals surface area contributed by atoms with Crippen LogP contribution in [0.4, 0.5) is 0 Å². The number of para-hydroxylation sites is 2. The highest BCUT2D eigenvalue weighted by Crippen LogP contribution is 2.25. The Morgan fingerprint density at radius 1 is 1.40 bits per heavy atom. The average Bonchev–Trinajstić information content (AvgIpc) is 2.63. The number of benzene rings is 1. The highest BCUT2D eigenvalue weighted by Gasteiger charge is 2.02. The minimum absolute atomic E-state index is 0.157. The number of phenols is 1. The third kappa shape index (κ3) is 2.47. The summed E-state index contributed by atoms with van der Waals surface area (Å²) in [5.74, 6) is 0.646. The Hall–Kier alpha value is -1.55. The molecule has 0 fully saturated rings. The normalized spacial score (nSPS) is 10.2. The van der Waals surface area contributed by atoms with E-state index < -0.39 is 0 Å². The fourth-order valence-electron chi connectivity index (χ4n) is 1.21. The Bertz CT molecular complexity index is 453. The number of rotatable bonds is 3. The van der Waals surface area contributed by atoms with Gasteiger partial charge in [0.25, 0.3) is 0 Å². The van der Waals surface area contributed by atoms with Crippen LogP contribution >= 0.6 is 11.3 Å². The van der Waals surface area contributed by atoms with Gasteiger partial charge in [-0.3, -0.25) is 0 Å². The molecule has 0 bridgehead atoms. The van der Waals surface area contributed by atoms with Crippen LogP contribution in [0, 0.1) is 6.92 Å². The van der Waals surface area contributed by atoms with E-state index in [4.69, 9.17) is 4.74 Å². The molecule has 0 saturated heterocycles. The van der Waals surface area contributed by atoms with Crippen molar-refractivity contribution in [1.82, 2.24) is 4.98 Å². The van der Waals surface area contributed by atoms with Crippen molar-refractivity contribution in [3.05, 3.63) is 40.3 Å². The van der Waals surface area contributed by atoms with Gasteiger partial charge >= 0.3 is 0 Å². The Morgan fingerprint density at radius 3 is 2.87 bits per heavy atom. The summed E-state index contributed by atoms with van der Waals surface area (Å²) >= 11 is 1.59. The molecule has 0 radical (unpaired) electrons. The summed E-state index contributed by atoms with van der Waals surface area (Å²) in [7, 11) is 0. The summed E-state index contributed by atoms with van der Waals surface area (Å²) in [5.41, 5.74) is 0.890. The molecule has 3 nitrogen and oxygen atoms in total. The third-order valence-electron chi connectivity index (χ3n) is 1.91. The Kier molecular flexibility index (Phi) is 2.87. The predicted octanol–water partition coefficient (Wildman–Crippen LogP) is 2.74. The van der Waals surface area contributed by atoms with E-state index in [2.05, 4.69) is 4.98 Å². The van der Waals surface area contributed by atoms with Gasteiger partial charge in [0.05, 0.1) is 10.7 Å². The fraction of sp³-hybridized carbons (Fsp3) is 0.182. The molecular weight excluding hydrogens is 210 g/mol. The minimum atomic E-state index is 0.157. The van der Waals surface area contributed by atoms with Crippen LogP contribution in [0.3, 0.4) is 0 Å². The van der Waals surface area contributed by atoms with Crippen LogP contribution in [0.5, 0.6) is 11.5 Å². The lowest BCUT2D eigenvalue weighted by molar-refractivity contribution is 0.285. The second-order valence-electron chi connectivity index (χ2n) is 3.11. The van der Waals surface area contributed by atoms with Crippen molar-refractivity contribution in [2.45, 2.75) is 13.5 Å². The maximum Gasteiger partial charge on any atom is 0.161 e. The van der Waals surface area contributed by atoms with E-state index in [0.717, 1.165) is 10.7 Å². The van der Waals surface area contributed by atoms with Gasteiger partial charge in [-0.25, -0.2) is 4.98 Å². The summed E-state index contributed by atoms with van der Waals surface area (Å²) in [6.45, 7) is 2.34. The second kappa shape index (κ2) is 4.31. The molecule has 0 spiro atoms. The van der Waals surface area contributed by atoms with Crippen molar-refractivity contribution in [2.75, 3.05) is 0 Å². The molecule has 15 heavy (non-hydrogen) atoms. The summed E-state index contributed by atoms with van der Waals surface area (Å²) in [6.07, 6.45) is 0. The molecule has 0 unspecified atom stereocenters. The van der Waals surface area contributed by atoms with E-state index >= 15 is 0 Å². The largest absolute Gasteiger partial charge is 0.504 e. The van der Waals surface area contributed by atoms with Crippen molar-refractivity contribution >= 4 is 11.3 Å². The number of thiazole rings is 1. The number of hydrogen-bond acceptors (Lipinski definition) is 4. The molecule has 1 aromatic carbocycles. The Labute approximate surface area is 92.0 Å². The molecule has 1 heterocycles. The number of hydrogen-bond donors (Lipinski definition) is 1. The first kappa shape index (κ1) is 9.98. The van der Waals surface area contributed by atoms with Gasteiger partial charge in [0.1, 0.15) is 6.61 Å². The summed E-state index contributed by atoms with van der Waals surface area (Å²) in [5, 5.41) is 12.4. The topological polar surface area (TPSA) is 42.4 Å². The molecule has 4 heteroatoms. The zero-order valence-corrected chi connectivity index (χ0v) is 9.12. The van der Waals surface area contributed by atoms with Gasteiger partial charge in [-0.05, 0) is 19.1 Å². The lowest BCUT2D eigenvalue weighted by atomic mass is 10.3. The van der Waals surface area contributed by atoms with Gasteiger partial charge in [-0.2, -0.15) is 0 Å². The number of aromatic nitrogens is 1. The molecule has 1 N–H and O–H groups in total. The van der Waals surface area contributed by atoms with Crippen LogP contribution in [0.1, 0.15) is 10.7 Å². The lowest BCUT2D eigenvalue weighted by Gasteiger charge is -2.05. The quantitative estimate of drug-likeness (QED) is 0.866. The zero-order valence-electron chi connectivity index (χ0n) is 8.30. The highest BCUT2D eigenvalue weighted by molar-refractivity contribution is 7.09. The molecular formula is C11H11NO2S. The molecule has 0 saturated carbocycles. The Balaban J connectivity index is 2.02. The predicted molar refractivity (Wildman–Crippen MR) is 59.3 cm³/mol. The van der Waals surface area contributed by atoms with E-state index in [1.165, 1.54) is 0 Å². The zero-order chi connectivity index (χ0) is 10.7. The van der Waals surface area contributed by atoms with Gasteiger partial charge in [0.2, 0.25) is 0 Å². The van der Waals surface area contributed by atoms with Crippen molar-refractivity contribution in [1.29, 1.82) is 0 Å². The highest BCUT2D eigenvalue weighted by atomic mass is 32.1. The number of aromatic hydroxyl groups is 1. The van der Waals surface area contributed by atoms with E-state index in [0.29, 0.717) is 12.4 Å². The third-order valence-corrected chi connectivity index (χ3v) is 2.73. The van der Waals surface area contributed by atoms with Gasteiger partial charge in [-0.1, -0.05) is 12.1 Å². The average molecular weight is 221 g/mol. The summed E-state index contributed by atoms with van der Waals surface area (Å²) in [4.78, 5) is 4.27. The van der Waals surface area contributed by atoms with Crippen molar-refractivity contribution in [3.63, 3.8) is 0 Å². The molecule has 0 aliphatic rings. The van der Waals surface area contributed by atoms with Gasteiger partial charge < -0.3 is 9.84 Å². The number of nitrogens with zero attached hydrogens (tertiary/aromatic N) is 1. The first-order valence-corrected chi connectivity index (χ1v) is 5.45. The van der Waals surface area contributed by atoms with Crippen LogP contribution < -0.4 is 4.74 Å². The SMILES string of the molecule is Cc1nc(COc2ccccc2O)cs1. The lowest BCUT2D eigenvalue weighted by Crippen LogP contribution is -1.95. The van der Waals surface area contributed by atoms with Crippen LogP contribution in [-0.4, -0.2) is 10.1 Å². The maximum atomic E-state index is 9.45. The molecule has 0 atom stereocenters. The van der Waals surface area contributed by atoms with Crippen LogP contribution in [-0.2, 0) is 6.61 Å². The van der Waals surface area contributed by atoms with Gasteiger partial charge in [0, 0.05) is 5.38 Å². The van der Waals surface area contributed by atoms with Crippen LogP contribution in [0.25, 0.3) is 0 Å². The molecule has 78 valence electrons. The minimum Gasteiger partial charge on any atom is -0.504 e. The van der Waals surface area contributed by atoms with Crippen molar-refractivity contribution < 1.29 is 9.84 Å². The smallest absolute Gasteiger partial charge is 0.161 e. The van der Waals surface area contributed by atoms with Gasteiger partial charge in [0.15, 0.2) is 11.5 Å². The monoisotopic (exact) mass is 221 g/mol. The maximum absolute atomic E-state index is 9.45. The summed E-state index contributed by atoms with van der Waals surface area (Å²) in [6, 6.07) is 6.91. The number of aryl methyl sites for hydroxylation is 1. The van der Waals surface area contributed by atoms with E-state index in [9.17, 15) is 5.11 Å². The fourth-order valence-corrected chi connectivity index (χ4v) is 1.80. The molecule has 2 aromatic rings. The van der Waals surface area contributed by atoms with Crippen molar-refractivity contribution in [2.24, 2.45) is 0 Å². The molecule has 0 aliphatic carbocycles. The molecule has 1 aromatic heterocycles. The van der Waals surface area contributed by atoms with Gasteiger partial charge in [-0.15, -0.1) is 11.3 Å². The van der Waals surface area contributed by atoms with Crippen LogP contribution in [0.15, 0.2) is 29.6 Å². The van der Waals surface area contributed by atoms with E-state index in [1.807, 2.05) is 18.4 Å². The number of phenolic OH excluding ortho intramolecular Hbond substituents is 1. The van der Waals surface area contributed by atoms with E-state index in [-0.39, 0.29) is 5.75 Å². The second-order valence-corrected chi connectivity index (χ2v) is 4.18. The first-order chi connectivity index (χ1) is 7.25. The summed E-state index contributed by atoms with van der Waals surface area (Å²) < 4.78 is 5.43. The number of ether oxygens (including phenoxy) is 1. The standard InChI is InChI=1S/C11H11NO2S/c1-8-12-9(7-15-8)6-14-11-5-3-2-4-10(11)13/h2-5,7,13H,6H2,1H3. The van der Waals surface area contributed by atoms with Crippen molar-refractivity contribution in [3.8, 4) is 11.5 Å². The van der Waals surface area contributed by atoms with E-state index in [1.54, 1.807) is 29.5 Å². The Morgan fingerprint density at radius 2 is 2.20 bits per heavy atom. The molecule has 2 rings (SSSR count). The van der Waals surface area contributed by atoms with Crippen LogP contribution in [0.2, 0.25) is 0 Å². The molecule has 0 aliphatic heterocycles.